The van der Waals surface area contributed by atoms with E-state index in [-0.39, 0.29) is 0 Å². The van der Waals surface area contributed by atoms with Crippen molar-refractivity contribution in [1.29, 1.82) is 0 Å². The van der Waals surface area contributed by atoms with Crippen LogP contribution in [-0.4, -0.2) is 45.4 Å². The van der Waals surface area contributed by atoms with Crippen LogP contribution in [0.4, 0.5) is 0 Å². The third kappa shape index (κ3) is 5.15. The monoisotopic (exact) mass is 221 g/mol. The number of methoxy groups -OCH3 is 1. The first-order valence-electron chi connectivity index (χ1n) is 5.24. The summed E-state index contributed by atoms with van der Waals surface area (Å²) in [6.07, 6.45) is 2.33. The maximum atomic E-state index is 5.87. The van der Waals surface area contributed by atoms with Crippen LogP contribution in [0, 0.1) is 5.92 Å². The second kappa shape index (κ2) is 7.46. The van der Waals surface area contributed by atoms with Gasteiger partial charge in [-0.2, -0.15) is 0 Å². The largest absolute Gasteiger partial charge is 0.382 e. The van der Waals surface area contributed by atoms with Crippen molar-refractivity contribution < 1.29 is 9.47 Å². The van der Waals surface area contributed by atoms with Crippen molar-refractivity contribution in [3.8, 4) is 0 Å². The van der Waals surface area contributed by atoms with Gasteiger partial charge in [-0.15, -0.1) is 11.6 Å². The molecule has 84 valence electrons. The summed E-state index contributed by atoms with van der Waals surface area (Å²) in [5, 5.41) is 3.79. The van der Waals surface area contributed by atoms with Gasteiger partial charge in [-0.3, -0.25) is 0 Å². The fourth-order valence-electron chi connectivity index (χ4n) is 1.52. The lowest BCUT2D eigenvalue weighted by Gasteiger charge is -2.30. The molecule has 0 amide bonds. The van der Waals surface area contributed by atoms with Gasteiger partial charge in [0.05, 0.1) is 19.8 Å². The van der Waals surface area contributed by atoms with E-state index in [0.717, 1.165) is 25.6 Å². The second-order valence-electron chi connectivity index (χ2n) is 3.74. The van der Waals surface area contributed by atoms with E-state index in [1.165, 1.54) is 12.8 Å². The number of halogens is 1. The molecule has 1 fully saturated rings. The van der Waals surface area contributed by atoms with Crippen LogP contribution in [0.1, 0.15) is 12.8 Å². The molecule has 0 spiro atoms. The van der Waals surface area contributed by atoms with Gasteiger partial charge in [0.2, 0.25) is 0 Å². The van der Waals surface area contributed by atoms with Gasteiger partial charge in [-0.25, -0.2) is 0 Å². The Labute approximate surface area is 91.1 Å². The molecular formula is C10H20ClNO2. The summed E-state index contributed by atoms with van der Waals surface area (Å²) in [4.78, 5) is 0. The third-order valence-electron chi connectivity index (χ3n) is 2.47. The van der Waals surface area contributed by atoms with E-state index in [2.05, 4.69) is 5.32 Å². The van der Waals surface area contributed by atoms with Crippen molar-refractivity contribution in [1.82, 2.24) is 5.32 Å². The van der Waals surface area contributed by atoms with Gasteiger partial charge in [-0.1, -0.05) is 0 Å². The van der Waals surface area contributed by atoms with Crippen molar-refractivity contribution in [2.24, 2.45) is 5.92 Å². The molecule has 1 rings (SSSR count). The lowest BCUT2D eigenvalue weighted by molar-refractivity contribution is 0.0713. The number of hydrogen-bond donors (Lipinski definition) is 1. The molecule has 0 unspecified atom stereocenters. The minimum Gasteiger partial charge on any atom is -0.382 e. The molecule has 1 saturated carbocycles. The lowest BCUT2D eigenvalue weighted by atomic mass is 9.85. The standard InChI is InChI=1S/C10H20ClNO2/c1-13-4-5-14-3-2-12-8-9-6-10(11)7-9/h9-10,12H,2-8H2,1H3. The van der Waals surface area contributed by atoms with Crippen LogP contribution in [0.3, 0.4) is 0 Å². The maximum absolute atomic E-state index is 5.87. The summed E-state index contributed by atoms with van der Waals surface area (Å²) in [6.45, 7) is 4.13. The Morgan fingerprint density at radius 2 is 2.07 bits per heavy atom. The van der Waals surface area contributed by atoms with Crippen molar-refractivity contribution in [3.05, 3.63) is 0 Å². The van der Waals surface area contributed by atoms with Gasteiger partial charge < -0.3 is 14.8 Å². The summed E-state index contributed by atoms with van der Waals surface area (Å²) >= 11 is 5.87. The molecule has 0 radical (unpaired) electrons. The predicted molar refractivity (Wildman–Crippen MR) is 57.9 cm³/mol. The zero-order valence-corrected chi connectivity index (χ0v) is 9.55. The van der Waals surface area contributed by atoms with E-state index in [9.17, 15) is 0 Å². The molecular weight excluding hydrogens is 202 g/mol. The van der Waals surface area contributed by atoms with Crippen molar-refractivity contribution in [3.63, 3.8) is 0 Å². The molecule has 0 aromatic carbocycles. The maximum Gasteiger partial charge on any atom is 0.0700 e. The second-order valence-corrected chi connectivity index (χ2v) is 4.36. The lowest BCUT2D eigenvalue weighted by Crippen LogP contribution is -2.35. The first-order valence-corrected chi connectivity index (χ1v) is 5.68. The van der Waals surface area contributed by atoms with Crippen LogP contribution >= 0.6 is 11.6 Å². The minimum atomic E-state index is 0.430. The molecule has 0 aromatic rings. The summed E-state index contributed by atoms with van der Waals surface area (Å²) < 4.78 is 10.2. The van der Waals surface area contributed by atoms with E-state index >= 15 is 0 Å². The number of rotatable bonds is 8. The van der Waals surface area contributed by atoms with E-state index in [0.29, 0.717) is 18.6 Å². The van der Waals surface area contributed by atoms with Crippen LogP contribution in [-0.2, 0) is 9.47 Å². The average Bonchev–Trinajstić information content (AvgIpc) is 2.13. The Morgan fingerprint density at radius 3 is 2.71 bits per heavy atom. The van der Waals surface area contributed by atoms with Gasteiger partial charge in [-0.05, 0) is 25.3 Å². The van der Waals surface area contributed by atoms with Crippen LogP contribution in [0.5, 0.6) is 0 Å². The average molecular weight is 222 g/mol. The van der Waals surface area contributed by atoms with Crippen LogP contribution < -0.4 is 5.32 Å². The van der Waals surface area contributed by atoms with E-state index < -0.39 is 0 Å². The summed E-state index contributed by atoms with van der Waals surface area (Å²) in [7, 11) is 1.68. The minimum absolute atomic E-state index is 0.430. The zero-order valence-electron chi connectivity index (χ0n) is 8.80. The summed E-state index contributed by atoms with van der Waals surface area (Å²) in [6, 6.07) is 0. The molecule has 0 bridgehead atoms. The fourth-order valence-corrected chi connectivity index (χ4v) is 2.02. The molecule has 1 aliphatic rings. The molecule has 0 aromatic heterocycles. The Hall–Kier alpha value is 0.170. The first kappa shape index (κ1) is 12.2. The highest BCUT2D eigenvalue weighted by Crippen LogP contribution is 2.30. The zero-order chi connectivity index (χ0) is 10.2. The van der Waals surface area contributed by atoms with Crippen molar-refractivity contribution >= 4 is 11.6 Å². The van der Waals surface area contributed by atoms with Gasteiger partial charge in [0.15, 0.2) is 0 Å². The summed E-state index contributed by atoms with van der Waals surface area (Å²) in [5.74, 6) is 0.788. The molecule has 0 atom stereocenters. The van der Waals surface area contributed by atoms with Crippen LogP contribution in [0.2, 0.25) is 0 Å². The molecule has 0 aliphatic heterocycles. The Morgan fingerprint density at radius 1 is 1.29 bits per heavy atom. The molecule has 1 aliphatic carbocycles. The van der Waals surface area contributed by atoms with Crippen molar-refractivity contribution in [2.75, 3.05) is 40.0 Å². The van der Waals surface area contributed by atoms with Crippen molar-refractivity contribution in [2.45, 2.75) is 18.2 Å². The number of nitrogens with one attached hydrogen (secondary N) is 1. The Kier molecular flexibility index (Phi) is 6.52. The van der Waals surface area contributed by atoms with E-state index in [1.54, 1.807) is 7.11 Å². The quantitative estimate of drug-likeness (QED) is 0.495. The molecule has 1 N–H and O–H groups in total. The highest BCUT2D eigenvalue weighted by molar-refractivity contribution is 6.21. The molecule has 0 heterocycles. The predicted octanol–water partition coefficient (Wildman–Crippen LogP) is 1.26. The van der Waals surface area contributed by atoms with E-state index in [1.807, 2.05) is 0 Å². The topological polar surface area (TPSA) is 30.5 Å². The first-order chi connectivity index (χ1) is 6.83. The third-order valence-corrected chi connectivity index (χ3v) is 2.82. The van der Waals surface area contributed by atoms with Gasteiger partial charge in [0, 0.05) is 19.0 Å². The van der Waals surface area contributed by atoms with E-state index in [4.69, 9.17) is 21.1 Å². The summed E-state index contributed by atoms with van der Waals surface area (Å²) in [5.41, 5.74) is 0. The normalized spacial score (nSPS) is 26.1. The molecule has 4 heteroatoms. The fraction of sp³-hybridized carbons (Fsp3) is 1.00. The van der Waals surface area contributed by atoms with Crippen LogP contribution in [0.15, 0.2) is 0 Å². The number of ether oxygens (including phenoxy) is 2. The Balaban J connectivity index is 1.72. The number of alkyl halides is 1. The molecule has 14 heavy (non-hydrogen) atoms. The van der Waals surface area contributed by atoms with Gasteiger partial charge in [0.25, 0.3) is 0 Å². The molecule has 3 nitrogen and oxygen atoms in total. The SMILES string of the molecule is COCCOCCNCC1CC(Cl)C1. The van der Waals surface area contributed by atoms with Gasteiger partial charge in [0.1, 0.15) is 0 Å². The Bertz CT molecular complexity index is 140. The highest BCUT2D eigenvalue weighted by Gasteiger charge is 2.26. The smallest absolute Gasteiger partial charge is 0.0700 e. The highest BCUT2D eigenvalue weighted by atomic mass is 35.5. The van der Waals surface area contributed by atoms with Gasteiger partial charge >= 0.3 is 0 Å². The molecule has 0 saturated heterocycles. The van der Waals surface area contributed by atoms with Crippen LogP contribution in [0.25, 0.3) is 0 Å². The number of hydrogen-bond acceptors (Lipinski definition) is 3.